The van der Waals surface area contributed by atoms with Gasteiger partial charge in [0.25, 0.3) is 5.88 Å². The van der Waals surface area contributed by atoms with Gasteiger partial charge < -0.3 is 13.9 Å². The van der Waals surface area contributed by atoms with E-state index >= 15 is 0 Å². The molecule has 0 aliphatic carbocycles. The lowest BCUT2D eigenvalue weighted by Gasteiger charge is -2.01. The van der Waals surface area contributed by atoms with Crippen molar-refractivity contribution in [3.05, 3.63) is 10.7 Å². The van der Waals surface area contributed by atoms with E-state index in [9.17, 15) is 0 Å². The summed E-state index contributed by atoms with van der Waals surface area (Å²) in [5.41, 5.74) is 1.13. The van der Waals surface area contributed by atoms with E-state index in [2.05, 4.69) is 25.9 Å². The lowest BCUT2D eigenvalue weighted by Crippen LogP contribution is -1.95. The normalized spacial score (nSPS) is 10.5. The van der Waals surface area contributed by atoms with Gasteiger partial charge in [0, 0.05) is 0 Å². The molecule has 0 saturated heterocycles. The maximum Gasteiger partial charge on any atom is 0.320 e. The zero-order valence-corrected chi connectivity index (χ0v) is 9.16. The first-order valence-electron chi connectivity index (χ1n) is 3.79. The minimum Gasteiger partial charge on any atom is -0.478 e. The fourth-order valence-electron chi connectivity index (χ4n) is 1.07. The van der Waals surface area contributed by atoms with Crippen LogP contribution in [0.5, 0.6) is 11.9 Å². The SMILES string of the molecule is COc1nc(OC)c2occ(Br)c2n1. The number of hydrogen-bond donors (Lipinski definition) is 0. The molecule has 0 N–H and O–H groups in total. The molecular formula is C8H7BrN2O3. The van der Waals surface area contributed by atoms with Crippen molar-refractivity contribution >= 4 is 27.0 Å². The minimum absolute atomic E-state index is 0.247. The van der Waals surface area contributed by atoms with E-state index in [1.165, 1.54) is 20.5 Å². The number of furan rings is 1. The average molecular weight is 259 g/mol. The van der Waals surface area contributed by atoms with Gasteiger partial charge in [0.1, 0.15) is 11.8 Å². The van der Waals surface area contributed by atoms with Crippen LogP contribution in [-0.2, 0) is 0 Å². The van der Waals surface area contributed by atoms with Gasteiger partial charge in [-0.2, -0.15) is 9.97 Å². The Balaban J connectivity index is 2.76. The third-order valence-corrected chi connectivity index (χ3v) is 2.26. The van der Waals surface area contributed by atoms with Crippen molar-refractivity contribution in [2.75, 3.05) is 14.2 Å². The summed E-state index contributed by atoms with van der Waals surface area (Å²) < 4.78 is 15.9. The fraction of sp³-hybridized carbons (Fsp3) is 0.250. The first-order valence-corrected chi connectivity index (χ1v) is 4.58. The molecular weight excluding hydrogens is 252 g/mol. The second-order valence-electron chi connectivity index (χ2n) is 2.48. The third-order valence-electron chi connectivity index (χ3n) is 1.70. The van der Waals surface area contributed by atoms with Crippen LogP contribution >= 0.6 is 15.9 Å². The third kappa shape index (κ3) is 1.31. The highest BCUT2D eigenvalue weighted by Gasteiger charge is 2.14. The predicted molar refractivity (Wildman–Crippen MR) is 52.6 cm³/mol. The van der Waals surface area contributed by atoms with Gasteiger partial charge in [-0.05, 0) is 15.9 Å². The Morgan fingerprint density at radius 1 is 1.29 bits per heavy atom. The van der Waals surface area contributed by atoms with Crippen LogP contribution in [0.3, 0.4) is 0 Å². The number of rotatable bonds is 2. The Bertz CT molecular complexity index is 469. The summed E-state index contributed by atoms with van der Waals surface area (Å²) in [4.78, 5) is 8.09. The van der Waals surface area contributed by atoms with Gasteiger partial charge in [-0.25, -0.2) is 0 Å². The van der Waals surface area contributed by atoms with Crippen LogP contribution in [0.4, 0.5) is 0 Å². The molecule has 0 fully saturated rings. The molecule has 0 spiro atoms. The Kier molecular flexibility index (Phi) is 2.28. The van der Waals surface area contributed by atoms with Crippen molar-refractivity contribution in [2.24, 2.45) is 0 Å². The van der Waals surface area contributed by atoms with E-state index in [0.717, 1.165) is 4.47 Å². The first kappa shape index (κ1) is 9.26. The first-order chi connectivity index (χ1) is 6.76. The molecule has 5 nitrogen and oxygen atoms in total. The minimum atomic E-state index is 0.247. The van der Waals surface area contributed by atoms with Gasteiger partial charge in [-0.3, -0.25) is 0 Å². The van der Waals surface area contributed by atoms with Crippen molar-refractivity contribution in [1.29, 1.82) is 0 Å². The Morgan fingerprint density at radius 2 is 2.07 bits per heavy atom. The van der Waals surface area contributed by atoms with Crippen LogP contribution in [0.1, 0.15) is 0 Å². The molecule has 2 aromatic heterocycles. The van der Waals surface area contributed by atoms with Gasteiger partial charge in [-0.15, -0.1) is 0 Å². The second kappa shape index (κ2) is 3.45. The summed E-state index contributed by atoms with van der Waals surface area (Å²) in [6, 6.07) is 0.247. The lowest BCUT2D eigenvalue weighted by atomic mass is 10.4. The molecule has 14 heavy (non-hydrogen) atoms. The highest BCUT2D eigenvalue weighted by atomic mass is 79.9. The van der Waals surface area contributed by atoms with Crippen LogP contribution in [0.25, 0.3) is 11.1 Å². The molecule has 0 bridgehead atoms. The molecule has 0 aromatic carbocycles. The maximum absolute atomic E-state index is 5.22. The Morgan fingerprint density at radius 3 is 2.71 bits per heavy atom. The number of aromatic nitrogens is 2. The van der Waals surface area contributed by atoms with Crippen LogP contribution in [0.15, 0.2) is 15.2 Å². The molecule has 0 aliphatic rings. The van der Waals surface area contributed by atoms with Gasteiger partial charge >= 0.3 is 6.01 Å². The number of fused-ring (bicyclic) bond motifs is 1. The zero-order valence-electron chi connectivity index (χ0n) is 7.57. The number of hydrogen-bond acceptors (Lipinski definition) is 5. The Hall–Kier alpha value is -1.30. The van der Waals surface area contributed by atoms with Crippen molar-refractivity contribution in [3.63, 3.8) is 0 Å². The molecule has 6 heteroatoms. The van der Waals surface area contributed by atoms with Crippen LogP contribution < -0.4 is 9.47 Å². The summed E-state index contributed by atoms with van der Waals surface area (Å²) in [6.07, 6.45) is 1.53. The van der Waals surface area contributed by atoms with Crippen molar-refractivity contribution in [2.45, 2.75) is 0 Å². The summed E-state index contributed by atoms with van der Waals surface area (Å²) in [5.74, 6) is 0.359. The monoisotopic (exact) mass is 258 g/mol. The maximum atomic E-state index is 5.22. The topological polar surface area (TPSA) is 57.4 Å². The molecule has 0 amide bonds. The van der Waals surface area contributed by atoms with E-state index < -0.39 is 0 Å². The number of halogens is 1. The lowest BCUT2D eigenvalue weighted by molar-refractivity contribution is 0.352. The summed E-state index contributed by atoms with van der Waals surface area (Å²) in [7, 11) is 3.01. The summed E-state index contributed by atoms with van der Waals surface area (Å²) >= 11 is 3.30. The molecule has 0 aliphatic heterocycles. The van der Waals surface area contributed by atoms with E-state index in [0.29, 0.717) is 17.0 Å². The molecule has 0 unspecified atom stereocenters. The van der Waals surface area contributed by atoms with Gasteiger partial charge in [-0.1, -0.05) is 0 Å². The van der Waals surface area contributed by atoms with Crippen LogP contribution in [-0.4, -0.2) is 24.2 Å². The highest BCUT2D eigenvalue weighted by Crippen LogP contribution is 2.31. The largest absolute Gasteiger partial charge is 0.478 e. The van der Waals surface area contributed by atoms with Crippen molar-refractivity contribution in [1.82, 2.24) is 9.97 Å². The fourth-order valence-corrected chi connectivity index (χ4v) is 1.44. The van der Waals surface area contributed by atoms with Crippen molar-refractivity contribution < 1.29 is 13.9 Å². The van der Waals surface area contributed by atoms with Crippen molar-refractivity contribution in [3.8, 4) is 11.9 Å². The molecule has 2 heterocycles. The van der Waals surface area contributed by atoms with E-state index in [4.69, 9.17) is 13.9 Å². The molecule has 0 atom stereocenters. The second-order valence-corrected chi connectivity index (χ2v) is 3.34. The van der Waals surface area contributed by atoms with Gasteiger partial charge in [0.2, 0.25) is 5.58 Å². The van der Waals surface area contributed by atoms with Gasteiger partial charge in [0.15, 0.2) is 0 Å². The van der Waals surface area contributed by atoms with Gasteiger partial charge in [0.05, 0.1) is 18.7 Å². The quantitative estimate of drug-likeness (QED) is 0.825. The number of ether oxygens (including phenoxy) is 2. The van der Waals surface area contributed by atoms with Crippen LogP contribution in [0, 0.1) is 0 Å². The van der Waals surface area contributed by atoms with Crippen LogP contribution in [0.2, 0.25) is 0 Å². The average Bonchev–Trinajstić information content (AvgIpc) is 2.59. The molecule has 74 valence electrons. The van der Waals surface area contributed by atoms with E-state index in [1.54, 1.807) is 0 Å². The molecule has 2 rings (SSSR count). The summed E-state index contributed by atoms with van der Waals surface area (Å²) in [6.45, 7) is 0. The smallest absolute Gasteiger partial charge is 0.320 e. The highest BCUT2D eigenvalue weighted by molar-refractivity contribution is 9.10. The molecule has 0 saturated carbocycles. The number of methoxy groups -OCH3 is 2. The molecule has 2 aromatic rings. The number of nitrogens with zero attached hydrogens (tertiary/aromatic N) is 2. The predicted octanol–water partition coefficient (Wildman–Crippen LogP) is 2.00. The standard InChI is InChI=1S/C8H7BrN2O3/c1-12-7-6-5(4(9)3-14-6)10-8(11-7)13-2/h3H,1-2H3. The zero-order chi connectivity index (χ0) is 10.1. The summed E-state index contributed by atoms with van der Waals surface area (Å²) in [5, 5.41) is 0. The van der Waals surface area contributed by atoms with E-state index in [1.807, 2.05) is 0 Å². The molecule has 0 radical (unpaired) electrons. The van der Waals surface area contributed by atoms with E-state index in [-0.39, 0.29) is 6.01 Å². The Labute approximate surface area is 88.2 Å².